The Labute approximate surface area is 122 Å². The van der Waals surface area contributed by atoms with Gasteiger partial charge in [0, 0.05) is 6.54 Å². The Kier molecular flexibility index (Phi) is 5.31. The van der Waals surface area contributed by atoms with Crippen LogP contribution in [0.5, 0.6) is 0 Å². The van der Waals surface area contributed by atoms with Crippen molar-refractivity contribution in [2.75, 3.05) is 13.1 Å². The molecule has 0 aliphatic rings. The summed E-state index contributed by atoms with van der Waals surface area (Å²) in [5.74, 6) is 0.313. The number of oxazole rings is 1. The van der Waals surface area contributed by atoms with Crippen LogP contribution in [-0.4, -0.2) is 28.9 Å². The largest absolute Gasteiger partial charge is 0.444 e. The second kappa shape index (κ2) is 7.21. The molecule has 0 spiro atoms. The lowest BCUT2D eigenvalue weighted by Gasteiger charge is -2.18. The van der Waals surface area contributed by atoms with Crippen LogP contribution in [0.1, 0.15) is 25.5 Å². The number of thiophene rings is 1. The molecule has 2 aromatic heterocycles. The number of amides is 1. The van der Waals surface area contributed by atoms with Gasteiger partial charge in [-0.2, -0.15) is 0 Å². The van der Waals surface area contributed by atoms with Gasteiger partial charge in [0.05, 0.1) is 17.1 Å². The van der Waals surface area contributed by atoms with E-state index in [2.05, 4.69) is 11.9 Å². The summed E-state index contributed by atoms with van der Waals surface area (Å²) in [6.45, 7) is 3.78. The van der Waals surface area contributed by atoms with Gasteiger partial charge in [-0.3, -0.25) is 9.69 Å². The van der Waals surface area contributed by atoms with Gasteiger partial charge in [0.1, 0.15) is 6.26 Å². The zero-order valence-corrected chi connectivity index (χ0v) is 12.4. The van der Waals surface area contributed by atoms with Gasteiger partial charge in [0.2, 0.25) is 11.8 Å². The first kappa shape index (κ1) is 14.7. The molecule has 0 aromatic carbocycles. The fourth-order valence-corrected chi connectivity index (χ4v) is 2.59. The molecule has 0 aliphatic carbocycles. The quantitative estimate of drug-likeness (QED) is 0.811. The average molecular weight is 293 g/mol. The number of rotatable bonds is 8. The highest BCUT2D eigenvalue weighted by molar-refractivity contribution is 7.13. The number of aromatic nitrogens is 1. The minimum atomic E-state index is -0.317. The van der Waals surface area contributed by atoms with E-state index in [4.69, 9.17) is 10.2 Å². The fourth-order valence-electron chi connectivity index (χ4n) is 1.94. The number of hydrogen-bond donors (Lipinski definition) is 1. The lowest BCUT2D eigenvalue weighted by Crippen LogP contribution is -2.34. The SMILES string of the molecule is CCCCN(CC(N)=O)Cc1coc(-c2cccs2)n1. The maximum absolute atomic E-state index is 11.1. The van der Waals surface area contributed by atoms with Crippen molar-refractivity contribution in [2.45, 2.75) is 26.3 Å². The summed E-state index contributed by atoms with van der Waals surface area (Å²) >= 11 is 1.59. The normalized spacial score (nSPS) is 11.1. The molecule has 6 heteroatoms. The van der Waals surface area contributed by atoms with Gasteiger partial charge in [-0.25, -0.2) is 4.98 Å². The standard InChI is InChI=1S/C14H19N3O2S/c1-2-3-6-17(9-13(15)18)8-11-10-19-14(16-11)12-5-4-7-20-12/h4-5,7,10H,2-3,6,8-9H2,1H3,(H2,15,18). The molecule has 2 N–H and O–H groups in total. The van der Waals surface area contributed by atoms with E-state index in [1.165, 1.54) is 0 Å². The Morgan fingerprint density at radius 2 is 2.40 bits per heavy atom. The molecule has 0 radical (unpaired) electrons. The molecule has 2 aromatic rings. The van der Waals surface area contributed by atoms with Gasteiger partial charge in [-0.05, 0) is 24.4 Å². The highest BCUT2D eigenvalue weighted by atomic mass is 32.1. The van der Waals surface area contributed by atoms with E-state index >= 15 is 0 Å². The highest BCUT2D eigenvalue weighted by Gasteiger charge is 2.13. The lowest BCUT2D eigenvalue weighted by atomic mass is 10.3. The van der Waals surface area contributed by atoms with Gasteiger partial charge in [-0.1, -0.05) is 19.4 Å². The maximum atomic E-state index is 11.1. The second-order valence-electron chi connectivity index (χ2n) is 4.65. The molecule has 2 heterocycles. The molecule has 0 atom stereocenters. The van der Waals surface area contributed by atoms with Crippen molar-refractivity contribution in [1.82, 2.24) is 9.88 Å². The van der Waals surface area contributed by atoms with Gasteiger partial charge in [0.15, 0.2) is 0 Å². The zero-order chi connectivity index (χ0) is 14.4. The van der Waals surface area contributed by atoms with Crippen molar-refractivity contribution in [1.29, 1.82) is 0 Å². The molecule has 0 saturated heterocycles. The van der Waals surface area contributed by atoms with Crippen molar-refractivity contribution < 1.29 is 9.21 Å². The number of nitrogens with zero attached hydrogens (tertiary/aromatic N) is 2. The molecule has 0 saturated carbocycles. The smallest absolute Gasteiger partial charge is 0.236 e. The number of nitrogens with two attached hydrogens (primary N) is 1. The predicted molar refractivity (Wildman–Crippen MR) is 79.2 cm³/mol. The van der Waals surface area contributed by atoms with Crippen molar-refractivity contribution in [3.63, 3.8) is 0 Å². The summed E-state index contributed by atoms with van der Waals surface area (Å²) in [4.78, 5) is 18.6. The third-order valence-corrected chi connectivity index (χ3v) is 3.73. The summed E-state index contributed by atoms with van der Waals surface area (Å²) in [7, 11) is 0. The highest BCUT2D eigenvalue weighted by Crippen LogP contribution is 2.23. The summed E-state index contributed by atoms with van der Waals surface area (Å²) in [6, 6.07) is 3.93. The number of carbonyl (C=O) groups excluding carboxylic acids is 1. The summed E-state index contributed by atoms with van der Waals surface area (Å²) < 4.78 is 5.48. The molecule has 5 nitrogen and oxygen atoms in total. The van der Waals surface area contributed by atoms with E-state index in [9.17, 15) is 4.79 Å². The van der Waals surface area contributed by atoms with Crippen LogP contribution in [-0.2, 0) is 11.3 Å². The van der Waals surface area contributed by atoms with Gasteiger partial charge in [-0.15, -0.1) is 11.3 Å². The summed E-state index contributed by atoms with van der Waals surface area (Å²) in [5.41, 5.74) is 6.10. The van der Waals surface area contributed by atoms with E-state index in [0.717, 1.165) is 30.0 Å². The molecule has 2 rings (SSSR count). The third kappa shape index (κ3) is 4.18. The topological polar surface area (TPSA) is 72.4 Å². The van der Waals surface area contributed by atoms with E-state index in [0.29, 0.717) is 12.4 Å². The molecule has 1 amide bonds. The molecule has 20 heavy (non-hydrogen) atoms. The minimum absolute atomic E-state index is 0.251. The first-order valence-electron chi connectivity index (χ1n) is 6.68. The van der Waals surface area contributed by atoms with Crippen LogP contribution in [0.2, 0.25) is 0 Å². The van der Waals surface area contributed by atoms with E-state index in [1.54, 1.807) is 17.6 Å². The van der Waals surface area contributed by atoms with Crippen LogP contribution in [0, 0.1) is 0 Å². The van der Waals surface area contributed by atoms with Crippen LogP contribution < -0.4 is 5.73 Å². The first-order valence-corrected chi connectivity index (χ1v) is 7.56. The number of hydrogen-bond acceptors (Lipinski definition) is 5. The monoisotopic (exact) mass is 293 g/mol. The van der Waals surface area contributed by atoms with Gasteiger partial charge in [0.25, 0.3) is 0 Å². The van der Waals surface area contributed by atoms with Gasteiger partial charge >= 0.3 is 0 Å². The summed E-state index contributed by atoms with van der Waals surface area (Å²) in [6.07, 6.45) is 3.76. The molecule has 0 fully saturated rings. The Morgan fingerprint density at radius 3 is 3.05 bits per heavy atom. The van der Waals surface area contributed by atoms with E-state index in [-0.39, 0.29) is 12.5 Å². The van der Waals surface area contributed by atoms with Crippen LogP contribution in [0.3, 0.4) is 0 Å². The Balaban J connectivity index is 2.00. The second-order valence-corrected chi connectivity index (χ2v) is 5.60. The van der Waals surface area contributed by atoms with Crippen LogP contribution in [0.15, 0.2) is 28.2 Å². The van der Waals surface area contributed by atoms with Crippen LogP contribution >= 0.6 is 11.3 Å². The molecule has 108 valence electrons. The minimum Gasteiger partial charge on any atom is -0.444 e. The lowest BCUT2D eigenvalue weighted by molar-refractivity contribution is -0.119. The Morgan fingerprint density at radius 1 is 1.55 bits per heavy atom. The molecular formula is C14H19N3O2S. The van der Waals surface area contributed by atoms with Crippen LogP contribution in [0.4, 0.5) is 0 Å². The first-order chi connectivity index (χ1) is 9.69. The van der Waals surface area contributed by atoms with Crippen molar-refractivity contribution in [2.24, 2.45) is 5.73 Å². The Hall–Kier alpha value is -1.66. The molecule has 0 unspecified atom stereocenters. The van der Waals surface area contributed by atoms with Crippen molar-refractivity contribution >= 4 is 17.2 Å². The predicted octanol–water partition coefficient (Wildman–Crippen LogP) is 2.49. The van der Waals surface area contributed by atoms with Crippen molar-refractivity contribution in [3.8, 4) is 10.8 Å². The number of carbonyl (C=O) groups is 1. The molecule has 0 bridgehead atoms. The third-order valence-electron chi connectivity index (χ3n) is 2.88. The molecule has 0 aliphatic heterocycles. The number of primary amides is 1. The maximum Gasteiger partial charge on any atom is 0.236 e. The molecular weight excluding hydrogens is 274 g/mol. The summed E-state index contributed by atoms with van der Waals surface area (Å²) in [5, 5.41) is 1.99. The van der Waals surface area contributed by atoms with E-state index < -0.39 is 0 Å². The van der Waals surface area contributed by atoms with Crippen LogP contribution in [0.25, 0.3) is 10.8 Å². The average Bonchev–Trinajstić information content (AvgIpc) is 3.05. The number of unbranched alkanes of at least 4 members (excludes halogenated alkanes) is 1. The van der Waals surface area contributed by atoms with E-state index in [1.807, 2.05) is 22.4 Å². The Bertz CT molecular complexity index is 536. The van der Waals surface area contributed by atoms with Crippen molar-refractivity contribution in [3.05, 3.63) is 29.5 Å². The zero-order valence-electron chi connectivity index (χ0n) is 11.5. The fraction of sp³-hybridized carbons (Fsp3) is 0.429. The van der Waals surface area contributed by atoms with Gasteiger partial charge < -0.3 is 10.2 Å².